The molecule has 0 heterocycles. The molecule has 0 aliphatic carbocycles. The maximum absolute atomic E-state index is 10.6. The first-order valence-electron chi connectivity index (χ1n) is 3.78. The summed E-state index contributed by atoms with van der Waals surface area (Å²) in [4.78, 5) is 23.4. The third kappa shape index (κ3) is 19.4. The van der Waals surface area contributed by atoms with E-state index in [1.807, 2.05) is 0 Å². The van der Waals surface area contributed by atoms with Crippen molar-refractivity contribution in [2.75, 3.05) is 13.2 Å². The van der Waals surface area contributed by atoms with Gasteiger partial charge >= 0.3 is 5.97 Å². The minimum Gasteiger partial charge on any atom is -0.460 e. The molecule has 0 aromatic rings. The number of isocyanates is 1. The summed E-state index contributed by atoms with van der Waals surface area (Å²) in [6.07, 6.45) is 1.33. The molecule has 0 saturated carbocycles. The van der Waals surface area contributed by atoms with Crippen molar-refractivity contribution >= 4 is 35.3 Å². The van der Waals surface area contributed by atoms with Crippen LogP contribution in [0.3, 0.4) is 0 Å². The molecular formula is C9H11Cl2NO3. The molecule has 0 N–H and O–H groups in total. The Hall–Kier alpha value is -1.09. The lowest BCUT2D eigenvalue weighted by Gasteiger charge is -1.99. The van der Waals surface area contributed by atoms with Crippen LogP contribution >= 0.6 is 23.2 Å². The Labute approximate surface area is 98.2 Å². The molecule has 0 bridgehead atoms. The number of halogens is 2. The van der Waals surface area contributed by atoms with Crippen molar-refractivity contribution in [2.45, 2.75) is 6.92 Å². The molecule has 0 rings (SSSR count). The van der Waals surface area contributed by atoms with Crippen LogP contribution in [0.4, 0.5) is 0 Å². The van der Waals surface area contributed by atoms with E-state index in [4.69, 9.17) is 23.2 Å². The Morgan fingerprint density at radius 3 is 2.27 bits per heavy atom. The molecule has 4 nitrogen and oxygen atoms in total. The predicted molar refractivity (Wildman–Crippen MR) is 59.6 cm³/mol. The van der Waals surface area contributed by atoms with Crippen LogP contribution in [0.5, 0.6) is 0 Å². The summed E-state index contributed by atoms with van der Waals surface area (Å²) in [5.41, 5.74) is 0.333. The molecule has 15 heavy (non-hydrogen) atoms. The fourth-order valence-corrected chi connectivity index (χ4v) is 0.353. The Kier molecular flexibility index (Phi) is 12.0. The molecule has 0 aliphatic heterocycles. The predicted octanol–water partition coefficient (Wildman–Crippen LogP) is 2.38. The van der Waals surface area contributed by atoms with Gasteiger partial charge in [0.05, 0.1) is 11.0 Å². The summed E-state index contributed by atoms with van der Waals surface area (Å²) in [7, 11) is 0. The monoisotopic (exact) mass is 251 g/mol. The van der Waals surface area contributed by atoms with Gasteiger partial charge in [-0.05, 0) is 6.92 Å². The zero-order valence-electron chi connectivity index (χ0n) is 8.26. The Balaban J connectivity index is 0. The van der Waals surface area contributed by atoms with E-state index in [2.05, 4.69) is 22.9 Å². The smallest absolute Gasteiger partial charge is 0.333 e. The second-order valence-electron chi connectivity index (χ2n) is 2.23. The topological polar surface area (TPSA) is 55.7 Å². The molecule has 0 fully saturated rings. The first kappa shape index (κ1) is 16.3. The molecule has 0 radical (unpaired) electrons. The van der Waals surface area contributed by atoms with Gasteiger partial charge in [0, 0.05) is 5.57 Å². The largest absolute Gasteiger partial charge is 0.460 e. The van der Waals surface area contributed by atoms with Crippen LogP contribution in [0, 0.1) is 0 Å². The van der Waals surface area contributed by atoms with Gasteiger partial charge in [-0.25, -0.2) is 14.6 Å². The number of ether oxygens (including phenoxy) is 1. The summed E-state index contributed by atoms with van der Waals surface area (Å²) >= 11 is 9.69. The summed E-state index contributed by atoms with van der Waals surface area (Å²) in [6, 6.07) is 0. The van der Waals surface area contributed by atoms with E-state index >= 15 is 0 Å². The zero-order chi connectivity index (χ0) is 12.3. The number of carbonyl (C=O) groups is 1. The highest BCUT2D eigenvalue weighted by atomic mass is 35.5. The van der Waals surface area contributed by atoms with Gasteiger partial charge in [-0.2, -0.15) is 0 Å². The number of hydrogen-bond acceptors (Lipinski definition) is 4. The average Bonchev–Trinajstić information content (AvgIpc) is 2.11. The summed E-state index contributed by atoms with van der Waals surface area (Å²) in [5, 5.41) is 0. The SMILES string of the molecule is C=C(C)C(=O)OCCN=C=O.C=C(Cl)Cl. The quantitative estimate of drug-likeness (QED) is 0.254. The van der Waals surface area contributed by atoms with E-state index in [0.29, 0.717) is 5.57 Å². The third-order valence-corrected chi connectivity index (χ3v) is 0.849. The Morgan fingerprint density at radius 1 is 1.47 bits per heavy atom. The summed E-state index contributed by atoms with van der Waals surface area (Å²) < 4.78 is 4.71. The second kappa shape index (κ2) is 11.0. The van der Waals surface area contributed by atoms with Crippen molar-refractivity contribution in [2.24, 2.45) is 4.99 Å². The minimum atomic E-state index is -0.467. The van der Waals surface area contributed by atoms with E-state index in [0.717, 1.165) is 0 Å². The molecule has 84 valence electrons. The van der Waals surface area contributed by atoms with Gasteiger partial charge in [0.15, 0.2) is 0 Å². The van der Waals surface area contributed by atoms with Gasteiger partial charge < -0.3 is 4.74 Å². The highest BCUT2D eigenvalue weighted by molar-refractivity contribution is 6.55. The minimum absolute atomic E-state index is 0.0981. The van der Waals surface area contributed by atoms with Crippen LogP contribution in [0.25, 0.3) is 0 Å². The molecule has 0 aliphatic rings. The van der Waals surface area contributed by atoms with Crippen molar-refractivity contribution in [3.8, 4) is 0 Å². The van der Waals surface area contributed by atoms with Gasteiger partial charge in [-0.1, -0.05) is 36.4 Å². The van der Waals surface area contributed by atoms with Crippen molar-refractivity contribution in [1.82, 2.24) is 0 Å². The number of aliphatic imine (C=N–C) groups is 1. The lowest BCUT2D eigenvalue weighted by molar-refractivity contribution is -0.138. The fourth-order valence-electron chi connectivity index (χ4n) is 0.353. The summed E-state index contributed by atoms with van der Waals surface area (Å²) in [5.74, 6) is -0.467. The van der Waals surface area contributed by atoms with Crippen LogP contribution in [-0.2, 0) is 14.3 Å². The third-order valence-electron chi connectivity index (χ3n) is 0.849. The molecular weight excluding hydrogens is 241 g/mol. The van der Waals surface area contributed by atoms with E-state index in [1.54, 1.807) is 6.92 Å². The van der Waals surface area contributed by atoms with Crippen LogP contribution in [0.15, 0.2) is 28.2 Å². The maximum Gasteiger partial charge on any atom is 0.333 e. The van der Waals surface area contributed by atoms with Crippen LogP contribution in [0.2, 0.25) is 0 Å². The molecule has 0 amide bonds. The van der Waals surface area contributed by atoms with Crippen LogP contribution in [0.1, 0.15) is 6.92 Å². The van der Waals surface area contributed by atoms with E-state index < -0.39 is 5.97 Å². The maximum atomic E-state index is 10.6. The van der Waals surface area contributed by atoms with E-state index in [-0.39, 0.29) is 17.6 Å². The molecule has 0 unspecified atom stereocenters. The molecule has 0 saturated heterocycles. The lowest BCUT2D eigenvalue weighted by Crippen LogP contribution is -2.07. The van der Waals surface area contributed by atoms with Crippen molar-refractivity contribution < 1.29 is 14.3 Å². The van der Waals surface area contributed by atoms with Gasteiger partial charge in [-0.3, -0.25) is 0 Å². The number of carbonyl (C=O) groups excluding carboxylic acids is 2. The fraction of sp³-hybridized carbons (Fsp3) is 0.333. The van der Waals surface area contributed by atoms with Crippen molar-refractivity contribution in [3.63, 3.8) is 0 Å². The van der Waals surface area contributed by atoms with Crippen molar-refractivity contribution in [3.05, 3.63) is 23.2 Å². The highest BCUT2D eigenvalue weighted by Crippen LogP contribution is 1.98. The van der Waals surface area contributed by atoms with Crippen LogP contribution in [-0.4, -0.2) is 25.2 Å². The first-order valence-corrected chi connectivity index (χ1v) is 4.53. The van der Waals surface area contributed by atoms with Gasteiger partial charge in [0.1, 0.15) is 6.61 Å². The average molecular weight is 252 g/mol. The first-order chi connectivity index (χ1) is 6.91. The number of nitrogens with zero attached hydrogens (tertiary/aromatic N) is 1. The molecule has 0 atom stereocenters. The Bertz CT molecular complexity index is 279. The second-order valence-corrected chi connectivity index (χ2v) is 3.33. The normalized spacial score (nSPS) is 7.67. The molecule has 0 aromatic heterocycles. The zero-order valence-corrected chi connectivity index (χ0v) is 9.77. The van der Waals surface area contributed by atoms with Crippen molar-refractivity contribution in [1.29, 1.82) is 0 Å². The van der Waals surface area contributed by atoms with Crippen LogP contribution < -0.4 is 0 Å². The van der Waals surface area contributed by atoms with Gasteiger partial charge in [-0.15, -0.1) is 0 Å². The highest BCUT2D eigenvalue weighted by Gasteiger charge is 2.00. The molecule has 0 spiro atoms. The van der Waals surface area contributed by atoms with E-state index in [1.165, 1.54) is 6.08 Å². The molecule has 0 aromatic carbocycles. The standard InChI is InChI=1S/C7H9NO3.C2H2Cl2/c1-6(2)7(10)11-4-3-8-5-9;1-2(3)4/h1,3-4H2,2H3;1H2. The number of esters is 1. The van der Waals surface area contributed by atoms with E-state index in [9.17, 15) is 9.59 Å². The Morgan fingerprint density at radius 2 is 1.93 bits per heavy atom. The molecule has 6 heteroatoms. The van der Waals surface area contributed by atoms with Gasteiger partial charge in [0.25, 0.3) is 0 Å². The number of rotatable bonds is 4. The summed E-state index contributed by atoms with van der Waals surface area (Å²) in [6.45, 7) is 8.26. The lowest BCUT2D eigenvalue weighted by atomic mass is 10.4. The van der Waals surface area contributed by atoms with Gasteiger partial charge in [0.2, 0.25) is 6.08 Å². The number of hydrogen-bond donors (Lipinski definition) is 0.